The summed E-state index contributed by atoms with van der Waals surface area (Å²) in [7, 11) is 0. The first-order chi connectivity index (χ1) is 31.6. The highest BCUT2D eigenvalue weighted by atomic mass is 32.1. The van der Waals surface area contributed by atoms with Crippen molar-refractivity contribution in [2.75, 3.05) is 0 Å². The maximum Gasteiger partial charge on any atom is 0.0728 e. The van der Waals surface area contributed by atoms with Crippen LogP contribution in [-0.2, 0) is 16.2 Å². The topological polar surface area (TPSA) is 13.8 Å². The Kier molecular flexibility index (Phi) is 7.28. The molecule has 14 aromatic rings. The maximum absolute atomic E-state index is 2.68. The highest BCUT2D eigenvalue weighted by molar-refractivity contribution is 7.26. The highest BCUT2D eigenvalue weighted by Crippen LogP contribution is 2.52. The molecule has 0 bridgehead atoms. The van der Waals surface area contributed by atoms with E-state index in [-0.39, 0.29) is 16.2 Å². The summed E-state index contributed by atoms with van der Waals surface area (Å²) in [4.78, 5) is 0. The molecule has 0 saturated carbocycles. The van der Waals surface area contributed by atoms with Gasteiger partial charge in [-0.05, 0) is 117 Å². The predicted octanol–water partition coefficient (Wildman–Crippen LogP) is 17.9. The lowest BCUT2D eigenvalue weighted by molar-refractivity contribution is 0.591. The highest BCUT2D eigenvalue weighted by Gasteiger charge is 2.31. The van der Waals surface area contributed by atoms with Gasteiger partial charge in [-0.3, -0.25) is 0 Å². The molecule has 0 spiro atoms. The quantitative estimate of drug-likeness (QED) is 0.164. The van der Waals surface area contributed by atoms with Crippen LogP contribution in [0.5, 0.6) is 0 Å². The van der Waals surface area contributed by atoms with E-state index in [9.17, 15) is 0 Å². The summed E-state index contributed by atoms with van der Waals surface area (Å²) in [5.41, 5.74) is 18.0. The third kappa shape index (κ3) is 4.93. The lowest BCUT2D eigenvalue weighted by atomic mass is 9.83. The zero-order valence-electron chi connectivity index (χ0n) is 39.1. The molecule has 0 saturated heterocycles. The summed E-state index contributed by atoms with van der Waals surface area (Å²) in [6, 6.07) is 56.0. The van der Waals surface area contributed by atoms with Crippen molar-refractivity contribution in [1.82, 2.24) is 13.4 Å². The Labute approximate surface area is 387 Å². The summed E-state index contributed by atoms with van der Waals surface area (Å²) >= 11 is 1.95. The molecule has 4 heteroatoms. The Balaban J connectivity index is 1.19. The lowest BCUT2D eigenvalue weighted by Crippen LogP contribution is -2.11. The fourth-order valence-electron chi connectivity index (χ4n) is 11.7. The number of aromatic nitrogens is 3. The molecule has 0 atom stereocenters. The summed E-state index contributed by atoms with van der Waals surface area (Å²) in [5.74, 6) is 0. The largest absolute Gasteiger partial charge is 0.309 e. The first-order valence-corrected chi connectivity index (χ1v) is 24.4. The second-order valence-corrected chi connectivity index (χ2v) is 23.3. The van der Waals surface area contributed by atoms with E-state index >= 15 is 0 Å². The van der Waals surface area contributed by atoms with Gasteiger partial charge >= 0.3 is 0 Å². The van der Waals surface area contributed by atoms with Crippen LogP contribution in [0.2, 0.25) is 0 Å². The molecule has 3 nitrogen and oxygen atoms in total. The lowest BCUT2D eigenvalue weighted by Gasteiger charge is -2.22. The van der Waals surface area contributed by atoms with Crippen molar-refractivity contribution in [1.29, 1.82) is 0 Å². The van der Waals surface area contributed by atoms with Crippen LogP contribution >= 0.6 is 11.3 Å². The molecule has 0 N–H and O–H groups in total. The molecule has 0 fully saturated rings. The normalized spacial score (nSPS) is 13.5. The Morgan fingerprint density at radius 1 is 0.364 bits per heavy atom. The molecule has 0 aliphatic rings. The molecule has 66 heavy (non-hydrogen) atoms. The Hall–Kier alpha value is -6.88. The second kappa shape index (κ2) is 12.5. The zero-order valence-corrected chi connectivity index (χ0v) is 39.9. The average molecular weight is 870 g/mol. The molecule has 14 rings (SSSR count). The smallest absolute Gasteiger partial charge is 0.0728 e. The minimum atomic E-state index is -0.0652. The van der Waals surface area contributed by atoms with Gasteiger partial charge in [0.25, 0.3) is 0 Å². The van der Waals surface area contributed by atoms with E-state index in [1.807, 2.05) is 11.3 Å². The van der Waals surface area contributed by atoms with Gasteiger partial charge in [0, 0.05) is 69.8 Å². The number of rotatable bonds is 2. The molecular weight excluding hydrogens is 819 g/mol. The molecule has 6 aromatic heterocycles. The summed E-state index contributed by atoms with van der Waals surface area (Å²) in [6.45, 7) is 21.3. The van der Waals surface area contributed by atoms with E-state index in [1.165, 1.54) is 141 Å². The van der Waals surface area contributed by atoms with Crippen molar-refractivity contribution < 1.29 is 0 Å². The summed E-state index contributed by atoms with van der Waals surface area (Å²) in [5, 5.41) is 13.3. The molecule has 6 heterocycles. The van der Waals surface area contributed by atoms with Gasteiger partial charge in [-0.25, -0.2) is 0 Å². The van der Waals surface area contributed by atoms with Gasteiger partial charge < -0.3 is 13.4 Å². The van der Waals surface area contributed by atoms with Gasteiger partial charge in [-0.2, -0.15) is 0 Å². The standard InChI is InChI=1S/C62H51N3S/c1-60(2,3)35-28-42(34-23-25-50-43(27-34)39-19-13-15-21-49(39)63(50)38-17-11-10-12-18-38)54-45(30-35)46-31-36(61(4,5)6)32-47-53-51(64(54)55(46)47)26-24-40-44-29-37(62(7,8)9)33-48-56(44)65(57(40)53)58-41-20-14-16-22-52(41)66-59(48)58/h10-33H,1-9H3. The second-order valence-electron chi connectivity index (χ2n) is 22.2. The van der Waals surface area contributed by atoms with Gasteiger partial charge in [-0.1, -0.05) is 129 Å². The van der Waals surface area contributed by atoms with Crippen molar-refractivity contribution in [2.45, 2.75) is 78.6 Å². The molecule has 320 valence electrons. The van der Waals surface area contributed by atoms with Crippen molar-refractivity contribution >= 4 is 119 Å². The van der Waals surface area contributed by atoms with Crippen LogP contribution < -0.4 is 0 Å². The van der Waals surface area contributed by atoms with Gasteiger partial charge in [-0.15, -0.1) is 11.3 Å². The molecule has 0 radical (unpaired) electrons. The summed E-state index contributed by atoms with van der Waals surface area (Å²) < 4.78 is 10.5. The Bertz CT molecular complexity index is 4370. The third-order valence-corrected chi connectivity index (χ3v) is 16.3. The van der Waals surface area contributed by atoms with Crippen molar-refractivity contribution in [3.8, 4) is 16.8 Å². The van der Waals surface area contributed by atoms with E-state index in [1.54, 1.807) is 0 Å². The zero-order chi connectivity index (χ0) is 44.9. The van der Waals surface area contributed by atoms with Crippen LogP contribution in [0.1, 0.15) is 79.0 Å². The Morgan fingerprint density at radius 2 is 0.924 bits per heavy atom. The van der Waals surface area contributed by atoms with Gasteiger partial charge in [0.05, 0.1) is 48.8 Å². The molecule has 0 aliphatic carbocycles. The van der Waals surface area contributed by atoms with E-state index in [2.05, 4.69) is 221 Å². The number of fused-ring (bicyclic) bond motifs is 18. The first-order valence-electron chi connectivity index (χ1n) is 23.6. The number of para-hydroxylation sites is 2. The molecule has 8 aromatic carbocycles. The van der Waals surface area contributed by atoms with Gasteiger partial charge in [0.15, 0.2) is 0 Å². The van der Waals surface area contributed by atoms with Crippen LogP contribution in [-0.4, -0.2) is 13.4 Å². The van der Waals surface area contributed by atoms with Crippen molar-refractivity contribution in [2.24, 2.45) is 0 Å². The summed E-state index contributed by atoms with van der Waals surface area (Å²) in [6.07, 6.45) is 0. The number of hydrogen-bond acceptors (Lipinski definition) is 1. The minimum absolute atomic E-state index is 0.00150. The SMILES string of the molecule is CC(C)(C)c1cc(-c2ccc3c(c2)c2ccccc2n3-c2ccccc2)c2c(c1)c1cc(C(C)(C)C)cc3c4c(ccc5c6cc(C(C)(C)C)cc7c8sc9ccccc9c8n(c67)c54)n2c13. The van der Waals surface area contributed by atoms with Gasteiger partial charge in [0.2, 0.25) is 0 Å². The molecule has 0 amide bonds. The Morgan fingerprint density at radius 3 is 1.65 bits per heavy atom. The van der Waals surface area contributed by atoms with E-state index in [0.717, 1.165) is 0 Å². The number of benzene rings is 8. The number of nitrogens with zero attached hydrogens (tertiary/aromatic N) is 3. The number of thiophene rings is 1. The van der Waals surface area contributed by atoms with Crippen LogP contribution in [0.4, 0.5) is 0 Å². The number of hydrogen-bond donors (Lipinski definition) is 0. The average Bonchev–Trinajstić information content (AvgIpc) is 4.13. The van der Waals surface area contributed by atoms with Gasteiger partial charge in [0.1, 0.15) is 0 Å². The van der Waals surface area contributed by atoms with E-state index < -0.39 is 0 Å². The van der Waals surface area contributed by atoms with Crippen molar-refractivity contribution in [3.05, 3.63) is 162 Å². The third-order valence-electron chi connectivity index (χ3n) is 15.1. The first kappa shape index (κ1) is 38.4. The van der Waals surface area contributed by atoms with Crippen LogP contribution in [0.25, 0.3) is 124 Å². The van der Waals surface area contributed by atoms with Crippen molar-refractivity contribution in [3.63, 3.8) is 0 Å². The van der Waals surface area contributed by atoms with E-state index in [0.29, 0.717) is 0 Å². The van der Waals surface area contributed by atoms with Crippen LogP contribution in [0.15, 0.2) is 146 Å². The molecular formula is C62H51N3S. The van der Waals surface area contributed by atoms with E-state index in [4.69, 9.17) is 0 Å². The fraction of sp³-hybridized carbons (Fsp3) is 0.194. The monoisotopic (exact) mass is 869 g/mol. The van der Waals surface area contributed by atoms with Crippen LogP contribution in [0.3, 0.4) is 0 Å². The van der Waals surface area contributed by atoms with Crippen LogP contribution in [0, 0.1) is 0 Å². The maximum atomic E-state index is 2.68. The fourth-order valence-corrected chi connectivity index (χ4v) is 12.9. The predicted molar refractivity (Wildman–Crippen MR) is 287 cm³/mol. The molecule has 0 unspecified atom stereocenters. The minimum Gasteiger partial charge on any atom is -0.309 e. The molecule has 0 aliphatic heterocycles.